The average molecular weight is 286 g/mol. The number of methoxy groups -OCH3 is 1. The first-order valence-corrected chi connectivity index (χ1v) is 6.19. The first-order valence-electron chi connectivity index (χ1n) is 6.19. The van der Waals surface area contributed by atoms with Crippen molar-refractivity contribution in [2.24, 2.45) is 0 Å². The highest BCUT2D eigenvalue weighted by Gasteiger charge is 2.21. The molecule has 0 aliphatic heterocycles. The highest BCUT2D eigenvalue weighted by molar-refractivity contribution is 6.01. The Bertz CT molecular complexity index is 643. The molecular formula is C15H14N2O4. The van der Waals surface area contributed by atoms with Crippen LogP contribution >= 0.6 is 0 Å². The highest BCUT2D eigenvalue weighted by atomic mass is 16.5. The van der Waals surface area contributed by atoms with E-state index < -0.39 is 18.0 Å². The normalized spacial score (nSPS) is 11.7. The van der Waals surface area contributed by atoms with Gasteiger partial charge in [-0.15, -0.1) is 0 Å². The molecule has 2 rings (SSSR count). The molecule has 1 amide bonds. The van der Waals surface area contributed by atoms with Crippen LogP contribution in [0.2, 0.25) is 0 Å². The fourth-order valence-corrected chi connectivity index (χ4v) is 1.90. The van der Waals surface area contributed by atoms with Crippen LogP contribution in [-0.2, 0) is 9.53 Å². The lowest BCUT2D eigenvalue weighted by Gasteiger charge is -2.16. The highest BCUT2D eigenvalue weighted by Crippen LogP contribution is 2.20. The van der Waals surface area contributed by atoms with Crippen LogP contribution in [0.25, 0.3) is 0 Å². The van der Waals surface area contributed by atoms with Gasteiger partial charge in [0.15, 0.2) is 6.10 Å². The maximum absolute atomic E-state index is 12.3. The van der Waals surface area contributed by atoms with Crippen LogP contribution < -0.4 is 5.32 Å². The summed E-state index contributed by atoms with van der Waals surface area (Å²) in [7, 11) is 1.42. The van der Waals surface area contributed by atoms with Crippen molar-refractivity contribution < 1.29 is 19.4 Å². The Balaban J connectivity index is 2.23. The van der Waals surface area contributed by atoms with E-state index in [-0.39, 0.29) is 11.3 Å². The van der Waals surface area contributed by atoms with Crippen LogP contribution in [0.15, 0.2) is 48.8 Å². The number of carbonyl (C=O) groups is 2. The molecule has 1 unspecified atom stereocenters. The first-order chi connectivity index (χ1) is 10.1. The quantitative estimate of drug-likeness (QED) is 0.878. The predicted molar refractivity (Wildman–Crippen MR) is 76.0 cm³/mol. The molecule has 1 atom stereocenters. The van der Waals surface area contributed by atoms with Gasteiger partial charge in [-0.25, -0.2) is 4.79 Å². The van der Waals surface area contributed by atoms with E-state index in [1.165, 1.54) is 25.6 Å². The molecule has 2 N–H and O–H groups in total. The van der Waals surface area contributed by atoms with E-state index in [1.54, 1.807) is 24.3 Å². The zero-order valence-corrected chi connectivity index (χ0v) is 11.3. The summed E-state index contributed by atoms with van der Waals surface area (Å²) in [5.41, 5.74) is 0.785. The van der Waals surface area contributed by atoms with Gasteiger partial charge < -0.3 is 15.2 Å². The van der Waals surface area contributed by atoms with Crippen molar-refractivity contribution in [1.82, 2.24) is 4.98 Å². The van der Waals surface area contributed by atoms with Gasteiger partial charge >= 0.3 is 5.97 Å². The SMILES string of the molecule is COC(C(=O)Nc1cnccc1C(=O)O)c1ccccc1. The third kappa shape index (κ3) is 3.43. The summed E-state index contributed by atoms with van der Waals surface area (Å²) in [5, 5.41) is 11.6. The number of anilines is 1. The van der Waals surface area contributed by atoms with Gasteiger partial charge in [0.25, 0.3) is 5.91 Å². The molecule has 6 nitrogen and oxygen atoms in total. The molecule has 0 saturated carbocycles. The lowest BCUT2D eigenvalue weighted by molar-refractivity contribution is -0.126. The predicted octanol–water partition coefficient (Wildman–Crippen LogP) is 2.11. The Morgan fingerprint density at radius 1 is 1.24 bits per heavy atom. The second kappa shape index (κ2) is 6.62. The molecule has 0 fully saturated rings. The number of aromatic nitrogens is 1. The molecule has 108 valence electrons. The number of pyridine rings is 1. The maximum atomic E-state index is 12.3. The average Bonchev–Trinajstić information content (AvgIpc) is 2.49. The number of hydrogen-bond donors (Lipinski definition) is 2. The fourth-order valence-electron chi connectivity index (χ4n) is 1.90. The molecule has 0 aliphatic carbocycles. The van der Waals surface area contributed by atoms with Crippen molar-refractivity contribution in [3.05, 3.63) is 59.9 Å². The number of nitrogens with one attached hydrogen (secondary N) is 1. The Morgan fingerprint density at radius 2 is 1.95 bits per heavy atom. The van der Waals surface area contributed by atoms with Crippen molar-refractivity contribution in [2.75, 3.05) is 12.4 Å². The molecular weight excluding hydrogens is 272 g/mol. The van der Waals surface area contributed by atoms with Crippen LogP contribution in [0.1, 0.15) is 22.0 Å². The van der Waals surface area contributed by atoms with Gasteiger partial charge in [0.05, 0.1) is 17.4 Å². The summed E-state index contributed by atoms with van der Waals surface area (Å²) in [4.78, 5) is 27.2. The third-order valence-corrected chi connectivity index (χ3v) is 2.89. The minimum Gasteiger partial charge on any atom is -0.478 e. The van der Waals surface area contributed by atoms with E-state index >= 15 is 0 Å². The Morgan fingerprint density at radius 3 is 2.57 bits per heavy atom. The van der Waals surface area contributed by atoms with Crippen molar-refractivity contribution in [1.29, 1.82) is 0 Å². The van der Waals surface area contributed by atoms with Crippen LogP contribution in [0.3, 0.4) is 0 Å². The number of rotatable bonds is 5. The van der Waals surface area contributed by atoms with E-state index in [0.29, 0.717) is 5.56 Å². The van der Waals surface area contributed by atoms with Crippen molar-refractivity contribution in [3.63, 3.8) is 0 Å². The zero-order valence-electron chi connectivity index (χ0n) is 11.3. The summed E-state index contributed by atoms with van der Waals surface area (Å²) in [5.74, 6) is -1.60. The largest absolute Gasteiger partial charge is 0.478 e. The Kier molecular flexibility index (Phi) is 4.63. The Hall–Kier alpha value is -2.73. The molecule has 6 heteroatoms. The van der Waals surface area contributed by atoms with Crippen LogP contribution in [0.5, 0.6) is 0 Å². The second-order valence-corrected chi connectivity index (χ2v) is 4.24. The summed E-state index contributed by atoms with van der Waals surface area (Å²) in [6.07, 6.45) is 1.82. The number of carbonyl (C=O) groups excluding carboxylic acids is 1. The van der Waals surface area contributed by atoms with Gasteiger partial charge in [0.1, 0.15) is 0 Å². The standard InChI is InChI=1S/C15H14N2O4/c1-21-13(10-5-3-2-4-6-10)14(18)17-12-9-16-8-7-11(12)15(19)20/h2-9,13H,1H3,(H,17,18)(H,19,20). The van der Waals surface area contributed by atoms with E-state index in [0.717, 1.165) is 0 Å². The summed E-state index contributed by atoms with van der Waals surface area (Å²) in [6.45, 7) is 0. The van der Waals surface area contributed by atoms with Crippen LogP contribution in [0, 0.1) is 0 Å². The number of carboxylic acid groups (broad SMARTS) is 1. The number of ether oxygens (including phenoxy) is 1. The minimum absolute atomic E-state index is 0.0266. The number of benzene rings is 1. The minimum atomic E-state index is -1.14. The molecule has 1 heterocycles. The molecule has 0 radical (unpaired) electrons. The first kappa shape index (κ1) is 14.7. The number of nitrogens with zero attached hydrogens (tertiary/aromatic N) is 1. The molecule has 0 aliphatic rings. The monoisotopic (exact) mass is 286 g/mol. The molecule has 21 heavy (non-hydrogen) atoms. The smallest absolute Gasteiger partial charge is 0.337 e. The van der Waals surface area contributed by atoms with Crippen molar-refractivity contribution in [3.8, 4) is 0 Å². The van der Waals surface area contributed by atoms with Gasteiger partial charge in [-0.2, -0.15) is 0 Å². The number of carboxylic acids is 1. The van der Waals surface area contributed by atoms with Gasteiger partial charge in [-0.05, 0) is 11.6 Å². The second-order valence-electron chi connectivity index (χ2n) is 4.24. The van der Waals surface area contributed by atoms with E-state index in [1.807, 2.05) is 6.07 Å². The zero-order chi connectivity index (χ0) is 15.2. The molecule has 0 bridgehead atoms. The van der Waals surface area contributed by atoms with Crippen LogP contribution in [-0.4, -0.2) is 29.1 Å². The van der Waals surface area contributed by atoms with E-state index in [4.69, 9.17) is 9.84 Å². The number of aromatic carboxylic acids is 1. The van der Waals surface area contributed by atoms with Gasteiger partial charge in [0, 0.05) is 13.3 Å². The molecule has 0 spiro atoms. The van der Waals surface area contributed by atoms with Gasteiger partial charge in [-0.1, -0.05) is 30.3 Å². The van der Waals surface area contributed by atoms with E-state index in [9.17, 15) is 9.59 Å². The fraction of sp³-hybridized carbons (Fsp3) is 0.133. The van der Waals surface area contributed by atoms with Crippen molar-refractivity contribution >= 4 is 17.6 Å². The molecule has 1 aromatic carbocycles. The lowest BCUT2D eigenvalue weighted by Crippen LogP contribution is -2.23. The number of amides is 1. The summed E-state index contributed by atoms with van der Waals surface area (Å²) < 4.78 is 5.19. The third-order valence-electron chi connectivity index (χ3n) is 2.89. The topological polar surface area (TPSA) is 88.5 Å². The van der Waals surface area contributed by atoms with E-state index in [2.05, 4.69) is 10.3 Å². The Labute approximate surface area is 121 Å². The molecule has 1 aromatic heterocycles. The molecule has 2 aromatic rings. The number of hydrogen-bond acceptors (Lipinski definition) is 4. The summed E-state index contributed by atoms with van der Waals surface area (Å²) in [6, 6.07) is 10.3. The lowest BCUT2D eigenvalue weighted by atomic mass is 10.1. The van der Waals surface area contributed by atoms with Crippen molar-refractivity contribution in [2.45, 2.75) is 6.10 Å². The van der Waals surface area contributed by atoms with Crippen LogP contribution in [0.4, 0.5) is 5.69 Å². The summed E-state index contributed by atoms with van der Waals surface area (Å²) >= 11 is 0. The maximum Gasteiger partial charge on any atom is 0.337 e. The van der Waals surface area contributed by atoms with Gasteiger partial charge in [0.2, 0.25) is 0 Å². The molecule has 0 saturated heterocycles. The van der Waals surface area contributed by atoms with Gasteiger partial charge in [-0.3, -0.25) is 9.78 Å².